The molecular formula is C11H8FN3O4S. The smallest absolute Gasteiger partial charge is 0.335 e. The fraction of sp³-hybridized carbons (Fsp3) is 0. The first-order valence-electron chi connectivity index (χ1n) is 5.23. The van der Waals surface area contributed by atoms with Gasteiger partial charge in [-0.25, -0.2) is 19.2 Å². The quantitative estimate of drug-likeness (QED) is 0.875. The van der Waals surface area contributed by atoms with E-state index in [2.05, 4.69) is 9.97 Å². The third kappa shape index (κ3) is 2.88. The van der Waals surface area contributed by atoms with Gasteiger partial charge in [-0.2, -0.15) is 8.42 Å². The van der Waals surface area contributed by atoms with Crippen LogP contribution in [-0.4, -0.2) is 29.5 Å². The zero-order valence-electron chi connectivity index (χ0n) is 9.82. The molecule has 20 heavy (non-hydrogen) atoms. The summed E-state index contributed by atoms with van der Waals surface area (Å²) in [6, 6.07) is 4.41. The van der Waals surface area contributed by atoms with E-state index >= 15 is 0 Å². The lowest BCUT2D eigenvalue weighted by atomic mass is 10.3. The van der Waals surface area contributed by atoms with Crippen molar-refractivity contribution in [2.45, 2.75) is 5.03 Å². The van der Waals surface area contributed by atoms with Crippen LogP contribution in [0.2, 0.25) is 0 Å². The van der Waals surface area contributed by atoms with Crippen molar-refractivity contribution in [2.75, 3.05) is 4.72 Å². The van der Waals surface area contributed by atoms with Gasteiger partial charge < -0.3 is 5.11 Å². The Morgan fingerprint density at radius 1 is 1.25 bits per heavy atom. The summed E-state index contributed by atoms with van der Waals surface area (Å²) in [5.74, 6) is -2.50. The van der Waals surface area contributed by atoms with Crippen molar-refractivity contribution >= 4 is 21.8 Å². The molecule has 104 valence electrons. The third-order valence-corrected chi connectivity index (χ3v) is 3.51. The van der Waals surface area contributed by atoms with Gasteiger partial charge in [0.15, 0.2) is 5.82 Å². The number of nitrogens with zero attached hydrogens (tertiary/aromatic N) is 2. The van der Waals surface area contributed by atoms with Gasteiger partial charge in [0.25, 0.3) is 10.0 Å². The first-order chi connectivity index (χ1) is 9.40. The number of pyridine rings is 2. The van der Waals surface area contributed by atoms with Crippen LogP contribution in [0, 0.1) is 5.82 Å². The topological polar surface area (TPSA) is 109 Å². The van der Waals surface area contributed by atoms with E-state index in [0.29, 0.717) is 0 Å². The molecule has 0 aliphatic rings. The number of nitrogens with one attached hydrogen (secondary N) is 1. The number of rotatable bonds is 4. The van der Waals surface area contributed by atoms with Crippen LogP contribution >= 0.6 is 0 Å². The highest BCUT2D eigenvalue weighted by molar-refractivity contribution is 7.92. The van der Waals surface area contributed by atoms with Crippen LogP contribution in [0.25, 0.3) is 0 Å². The van der Waals surface area contributed by atoms with Crippen molar-refractivity contribution in [3.8, 4) is 0 Å². The Morgan fingerprint density at radius 3 is 2.65 bits per heavy atom. The molecular weight excluding hydrogens is 289 g/mol. The first-order valence-corrected chi connectivity index (χ1v) is 6.71. The highest BCUT2D eigenvalue weighted by atomic mass is 32.2. The van der Waals surface area contributed by atoms with E-state index in [1.54, 1.807) is 0 Å². The predicted molar refractivity (Wildman–Crippen MR) is 66.2 cm³/mol. The maximum absolute atomic E-state index is 13.4. The molecule has 2 heterocycles. The summed E-state index contributed by atoms with van der Waals surface area (Å²) in [4.78, 5) is 17.9. The maximum Gasteiger partial charge on any atom is 0.335 e. The molecule has 2 N–H and O–H groups in total. The number of sulfonamides is 1. The van der Waals surface area contributed by atoms with Crippen LogP contribution in [0.4, 0.5) is 10.2 Å². The second kappa shape index (κ2) is 5.21. The van der Waals surface area contributed by atoms with Crippen molar-refractivity contribution in [1.29, 1.82) is 0 Å². The van der Waals surface area contributed by atoms with Crippen molar-refractivity contribution in [3.63, 3.8) is 0 Å². The molecule has 2 aromatic rings. The number of carboxylic acids is 1. The number of aromatic carboxylic acids is 1. The molecule has 0 radical (unpaired) electrons. The molecule has 0 fully saturated rings. The molecule has 0 aliphatic carbocycles. The summed E-state index contributed by atoms with van der Waals surface area (Å²) in [6.07, 6.45) is 2.24. The standard InChI is InChI=1S/C11H8FN3O4S/c12-8-2-1-4-14-10(8)20(18,19)15-9-6-7(11(16)17)3-5-13-9/h1-6H,(H,13,15)(H,16,17). The SMILES string of the molecule is O=C(O)c1ccnc(NS(=O)(=O)c2ncccc2F)c1. The third-order valence-electron chi connectivity index (χ3n) is 2.23. The molecule has 7 nitrogen and oxygen atoms in total. The number of halogens is 1. The summed E-state index contributed by atoms with van der Waals surface area (Å²) in [5, 5.41) is 8.00. The van der Waals surface area contributed by atoms with Gasteiger partial charge in [0.05, 0.1) is 5.56 Å². The minimum absolute atomic E-state index is 0.154. The zero-order valence-corrected chi connectivity index (χ0v) is 10.6. The zero-order chi connectivity index (χ0) is 14.8. The Balaban J connectivity index is 2.36. The van der Waals surface area contributed by atoms with Crippen molar-refractivity contribution in [2.24, 2.45) is 0 Å². The van der Waals surface area contributed by atoms with E-state index in [4.69, 9.17) is 5.11 Å². The van der Waals surface area contributed by atoms with Gasteiger partial charge >= 0.3 is 5.97 Å². The number of carboxylic acid groups (broad SMARTS) is 1. The van der Waals surface area contributed by atoms with Crippen molar-refractivity contribution in [1.82, 2.24) is 9.97 Å². The van der Waals surface area contributed by atoms with E-state index in [-0.39, 0.29) is 11.4 Å². The summed E-state index contributed by atoms with van der Waals surface area (Å²) >= 11 is 0. The largest absolute Gasteiger partial charge is 0.478 e. The van der Waals surface area contributed by atoms with E-state index in [1.807, 2.05) is 4.72 Å². The molecule has 0 saturated heterocycles. The average molecular weight is 297 g/mol. The highest BCUT2D eigenvalue weighted by Gasteiger charge is 2.21. The molecule has 2 aromatic heterocycles. The predicted octanol–water partition coefficient (Wildman–Crippen LogP) is 1.11. The lowest BCUT2D eigenvalue weighted by Crippen LogP contribution is -2.17. The molecule has 0 amide bonds. The Bertz CT molecular complexity index is 764. The molecule has 0 unspecified atom stereocenters. The minimum atomic E-state index is -4.28. The Hall–Kier alpha value is -2.55. The Morgan fingerprint density at radius 2 is 2.00 bits per heavy atom. The van der Waals surface area contributed by atoms with E-state index < -0.39 is 26.8 Å². The number of anilines is 1. The molecule has 0 spiro atoms. The van der Waals surface area contributed by atoms with Crippen LogP contribution < -0.4 is 4.72 Å². The molecule has 0 bridgehead atoms. The fourth-order valence-corrected chi connectivity index (χ4v) is 2.38. The van der Waals surface area contributed by atoms with Crippen molar-refractivity contribution < 1.29 is 22.7 Å². The van der Waals surface area contributed by atoms with Gasteiger partial charge in [0.2, 0.25) is 5.03 Å². The number of aromatic nitrogens is 2. The van der Waals surface area contributed by atoms with Gasteiger partial charge in [-0.05, 0) is 24.3 Å². The molecule has 9 heteroatoms. The number of hydrogen-bond donors (Lipinski definition) is 2. The van der Waals surface area contributed by atoms with Gasteiger partial charge in [-0.3, -0.25) is 4.72 Å². The molecule has 0 aliphatic heterocycles. The molecule has 2 rings (SSSR count). The van der Waals surface area contributed by atoms with Gasteiger partial charge in [0.1, 0.15) is 5.82 Å². The van der Waals surface area contributed by atoms with Crippen LogP contribution in [0.15, 0.2) is 41.7 Å². The Kier molecular flexibility index (Phi) is 3.61. The second-order valence-corrected chi connectivity index (χ2v) is 5.23. The van der Waals surface area contributed by atoms with Crippen LogP contribution in [0.5, 0.6) is 0 Å². The van der Waals surface area contributed by atoms with Gasteiger partial charge in [0, 0.05) is 12.4 Å². The normalized spacial score (nSPS) is 11.1. The second-order valence-electron chi connectivity index (χ2n) is 3.63. The first kappa shape index (κ1) is 13.9. The van der Waals surface area contributed by atoms with E-state index in [9.17, 15) is 17.6 Å². The van der Waals surface area contributed by atoms with Crippen LogP contribution in [-0.2, 0) is 10.0 Å². The lowest BCUT2D eigenvalue weighted by Gasteiger charge is -2.07. The lowest BCUT2D eigenvalue weighted by molar-refractivity contribution is 0.0697. The van der Waals surface area contributed by atoms with Crippen LogP contribution in [0.1, 0.15) is 10.4 Å². The summed E-state index contributed by atoms with van der Waals surface area (Å²) in [5.41, 5.74) is -0.154. The van der Waals surface area contributed by atoms with Gasteiger partial charge in [-0.15, -0.1) is 0 Å². The maximum atomic E-state index is 13.4. The minimum Gasteiger partial charge on any atom is -0.478 e. The fourth-order valence-electron chi connectivity index (χ4n) is 1.37. The summed E-state index contributed by atoms with van der Waals surface area (Å²) in [6.45, 7) is 0. The number of hydrogen-bond acceptors (Lipinski definition) is 5. The van der Waals surface area contributed by atoms with Gasteiger partial charge in [-0.1, -0.05) is 0 Å². The summed E-state index contributed by atoms with van der Waals surface area (Å²) in [7, 11) is -4.28. The molecule has 0 saturated carbocycles. The van der Waals surface area contributed by atoms with Crippen molar-refractivity contribution in [3.05, 3.63) is 48.0 Å². The average Bonchev–Trinajstić information content (AvgIpc) is 2.38. The highest BCUT2D eigenvalue weighted by Crippen LogP contribution is 2.15. The van der Waals surface area contributed by atoms with E-state index in [1.165, 1.54) is 12.1 Å². The monoisotopic (exact) mass is 297 g/mol. The molecule has 0 atom stereocenters. The summed E-state index contributed by atoms with van der Waals surface area (Å²) < 4.78 is 39.2. The number of carbonyl (C=O) groups is 1. The van der Waals surface area contributed by atoms with E-state index in [0.717, 1.165) is 24.5 Å². The van der Waals surface area contributed by atoms with Crippen LogP contribution in [0.3, 0.4) is 0 Å². The molecule has 0 aromatic carbocycles. The Labute approximate surface area is 113 Å².